The Morgan fingerprint density at radius 2 is 1.90 bits per heavy atom. The molecular formula is C16H17N3O. The molecule has 2 aromatic rings. The summed E-state index contributed by atoms with van der Waals surface area (Å²) in [5, 5.41) is 18.5. The Kier molecular flexibility index (Phi) is 4.59. The fraction of sp³-hybridized carbons (Fsp3) is 0.188. The van der Waals surface area contributed by atoms with Crippen molar-refractivity contribution in [1.29, 1.82) is 5.26 Å². The third-order valence-electron chi connectivity index (χ3n) is 3.07. The Labute approximate surface area is 118 Å². The molecule has 20 heavy (non-hydrogen) atoms. The molecule has 102 valence electrons. The molecule has 0 aromatic heterocycles. The minimum atomic E-state index is 0.0298. The lowest BCUT2D eigenvalue weighted by atomic mass is 10.1. The standard InChI is InChI=1S/C16H17N3O/c17-11-14-10-15(18)6-7-16(14)19(8-9-20)12-13-4-2-1-3-5-13/h1-7,10,20H,8-9,12,18H2. The molecule has 0 aliphatic rings. The van der Waals surface area contributed by atoms with Crippen LogP contribution in [0.5, 0.6) is 0 Å². The molecule has 0 bridgehead atoms. The number of anilines is 2. The normalized spacial score (nSPS) is 10.0. The Balaban J connectivity index is 2.31. The van der Waals surface area contributed by atoms with Crippen molar-refractivity contribution in [1.82, 2.24) is 0 Å². The van der Waals surface area contributed by atoms with Gasteiger partial charge in [-0.05, 0) is 23.8 Å². The number of nitrogens with two attached hydrogens (primary N) is 1. The predicted molar refractivity (Wildman–Crippen MR) is 80.1 cm³/mol. The summed E-state index contributed by atoms with van der Waals surface area (Å²) in [6, 6.07) is 17.4. The number of benzene rings is 2. The number of nitriles is 1. The van der Waals surface area contributed by atoms with E-state index in [9.17, 15) is 10.4 Å². The predicted octanol–water partition coefficient (Wildman–Crippen LogP) is 2.14. The van der Waals surface area contributed by atoms with Crippen LogP contribution in [-0.4, -0.2) is 18.3 Å². The first-order valence-corrected chi connectivity index (χ1v) is 6.44. The molecular weight excluding hydrogens is 250 g/mol. The van der Waals surface area contributed by atoms with Gasteiger partial charge in [0.1, 0.15) is 6.07 Å². The maximum atomic E-state index is 9.24. The fourth-order valence-corrected chi connectivity index (χ4v) is 2.13. The van der Waals surface area contributed by atoms with E-state index < -0.39 is 0 Å². The van der Waals surface area contributed by atoms with Gasteiger partial charge in [-0.1, -0.05) is 30.3 Å². The molecule has 0 fully saturated rings. The summed E-state index contributed by atoms with van der Waals surface area (Å²) >= 11 is 0. The zero-order valence-electron chi connectivity index (χ0n) is 11.2. The highest BCUT2D eigenvalue weighted by molar-refractivity contribution is 5.64. The van der Waals surface area contributed by atoms with E-state index >= 15 is 0 Å². The van der Waals surface area contributed by atoms with Crippen LogP contribution < -0.4 is 10.6 Å². The van der Waals surface area contributed by atoms with Crippen LogP contribution in [0.2, 0.25) is 0 Å². The molecule has 0 saturated carbocycles. The molecule has 0 atom stereocenters. The van der Waals surface area contributed by atoms with Gasteiger partial charge in [-0.3, -0.25) is 0 Å². The summed E-state index contributed by atoms with van der Waals surface area (Å²) in [7, 11) is 0. The topological polar surface area (TPSA) is 73.3 Å². The van der Waals surface area contributed by atoms with Gasteiger partial charge in [-0.2, -0.15) is 5.26 Å². The molecule has 0 radical (unpaired) electrons. The highest BCUT2D eigenvalue weighted by Gasteiger charge is 2.11. The van der Waals surface area contributed by atoms with Crippen LogP contribution in [0.4, 0.5) is 11.4 Å². The SMILES string of the molecule is N#Cc1cc(N)ccc1N(CCO)Cc1ccccc1. The molecule has 0 heterocycles. The van der Waals surface area contributed by atoms with Crippen molar-refractivity contribution >= 4 is 11.4 Å². The minimum Gasteiger partial charge on any atom is -0.399 e. The van der Waals surface area contributed by atoms with Crippen molar-refractivity contribution in [2.45, 2.75) is 6.54 Å². The summed E-state index contributed by atoms with van der Waals surface area (Å²) in [6.07, 6.45) is 0. The van der Waals surface area contributed by atoms with E-state index in [4.69, 9.17) is 5.73 Å². The second-order valence-corrected chi connectivity index (χ2v) is 4.52. The van der Waals surface area contributed by atoms with Crippen LogP contribution in [0, 0.1) is 11.3 Å². The van der Waals surface area contributed by atoms with E-state index in [1.54, 1.807) is 12.1 Å². The highest BCUT2D eigenvalue weighted by Crippen LogP contribution is 2.24. The van der Waals surface area contributed by atoms with Crippen LogP contribution in [0.15, 0.2) is 48.5 Å². The molecule has 0 amide bonds. The molecule has 0 saturated heterocycles. The number of aliphatic hydroxyl groups is 1. The zero-order valence-corrected chi connectivity index (χ0v) is 11.2. The van der Waals surface area contributed by atoms with Crippen molar-refractivity contribution in [3.63, 3.8) is 0 Å². The number of hydrogen-bond acceptors (Lipinski definition) is 4. The second-order valence-electron chi connectivity index (χ2n) is 4.52. The molecule has 0 spiro atoms. The molecule has 0 aliphatic carbocycles. The van der Waals surface area contributed by atoms with Gasteiger partial charge in [-0.15, -0.1) is 0 Å². The monoisotopic (exact) mass is 267 g/mol. The Hall–Kier alpha value is -2.51. The van der Waals surface area contributed by atoms with E-state index in [-0.39, 0.29) is 6.61 Å². The summed E-state index contributed by atoms with van der Waals surface area (Å²) in [5.74, 6) is 0. The molecule has 2 rings (SSSR count). The lowest BCUT2D eigenvalue weighted by Gasteiger charge is -2.25. The number of aliphatic hydroxyl groups excluding tert-OH is 1. The molecule has 4 nitrogen and oxygen atoms in total. The Morgan fingerprint density at radius 1 is 1.15 bits per heavy atom. The van der Waals surface area contributed by atoms with Crippen LogP contribution in [0.3, 0.4) is 0 Å². The van der Waals surface area contributed by atoms with Crippen LogP contribution >= 0.6 is 0 Å². The average Bonchev–Trinajstić information content (AvgIpc) is 2.48. The largest absolute Gasteiger partial charge is 0.399 e. The van der Waals surface area contributed by atoms with Crippen LogP contribution in [-0.2, 0) is 6.54 Å². The van der Waals surface area contributed by atoms with Gasteiger partial charge in [0.2, 0.25) is 0 Å². The van der Waals surface area contributed by atoms with Gasteiger partial charge in [-0.25, -0.2) is 0 Å². The molecule has 2 aromatic carbocycles. The molecule has 3 N–H and O–H groups in total. The quantitative estimate of drug-likeness (QED) is 0.814. The van der Waals surface area contributed by atoms with E-state index in [1.165, 1.54) is 0 Å². The van der Waals surface area contributed by atoms with Crippen molar-refractivity contribution in [2.24, 2.45) is 0 Å². The maximum absolute atomic E-state index is 9.24. The van der Waals surface area contributed by atoms with Gasteiger partial charge in [0, 0.05) is 18.8 Å². The first kappa shape index (κ1) is 13.9. The van der Waals surface area contributed by atoms with Crippen molar-refractivity contribution in [3.8, 4) is 6.07 Å². The second kappa shape index (κ2) is 6.60. The first-order chi connectivity index (χ1) is 9.74. The van der Waals surface area contributed by atoms with Crippen LogP contribution in [0.1, 0.15) is 11.1 Å². The summed E-state index contributed by atoms with van der Waals surface area (Å²) in [4.78, 5) is 1.98. The summed E-state index contributed by atoms with van der Waals surface area (Å²) in [6.45, 7) is 1.13. The van der Waals surface area contributed by atoms with Gasteiger partial charge < -0.3 is 15.7 Å². The first-order valence-electron chi connectivity index (χ1n) is 6.44. The van der Waals surface area contributed by atoms with Gasteiger partial charge in [0.25, 0.3) is 0 Å². The third kappa shape index (κ3) is 3.28. The van der Waals surface area contributed by atoms with Gasteiger partial charge >= 0.3 is 0 Å². The third-order valence-corrected chi connectivity index (χ3v) is 3.07. The number of nitrogens with zero attached hydrogens (tertiary/aromatic N) is 2. The number of hydrogen-bond donors (Lipinski definition) is 2. The smallest absolute Gasteiger partial charge is 0.101 e. The van der Waals surface area contributed by atoms with E-state index in [2.05, 4.69) is 6.07 Å². The Bertz CT molecular complexity index is 605. The lowest BCUT2D eigenvalue weighted by molar-refractivity contribution is 0.301. The maximum Gasteiger partial charge on any atom is 0.101 e. The van der Waals surface area contributed by atoms with Crippen molar-refractivity contribution in [2.75, 3.05) is 23.8 Å². The minimum absolute atomic E-state index is 0.0298. The van der Waals surface area contributed by atoms with E-state index in [0.717, 1.165) is 11.3 Å². The van der Waals surface area contributed by atoms with E-state index in [0.29, 0.717) is 24.3 Å². The van der Waals surface area contributed by atoms with Gasteiger partial charge in [0.05, 0.1) is 17.9 Å². The van der Waals surface area contributed by atoms with Gasteiger partial charge in [0.15, 0.2) is 0 Å². The zero-order chi connectivity index (χ0) is 14.4. The number of nitrogen functional groups attached to an aromatic ring is 1. The highest BCUT2D eigenvalue weighted by atomic mass is 16.3. The summed E-state index contributed by atoms with van der Waals surface area (Å²) < 4.78 is 0. The average molecular weight is 267 g/mol. The Morgan fingerprint density at radius 3 is 2.55 bits per heavy atom. The fourth-order valence-electron chi connectivity index (χ4n) is 2.13. The van der Waals surface area contributed by atoms with E-state index in [1.807, 2.05) is 41.3 Å². The molecule has 0 unspecified atom stereocenters. The number of rotatable bonds is 5. The molecule has 0 aliphatic heterocycles. The van der Waals surface area contributed by atoms with Crippen LogP contribution in [0.25, 0.3) is 0 Å². The molecule has 4 heteroatoms. The lowest BCUT2D eigenvalue weighted by Crippen LogP contribution is -2.26. The summed E-state index contributed by atoms with van der Waals surface area (Å²) in [5.41, 5.74) is 8.71. The van der Waals surface area contributed by atoms with Crippen molar-refractivity contribution in [3.05, 3.63) is 59.7 Å². The van der Waals surface area contributed by atoms with Crippen molar-refractivity contribution < 1.29 is 5.11 Å².